The number of benzene rings is 1. The van der Waals surface area contributed by atoms with Crippen molar-refractivity contribution >= 4 is 29.7 Å². The van der Waals surface area contributed by atoms with Crippen LogP contribution in [-0.2, 0) is 35.0 Å². The second-order valence-corrected chi connectivity index (χ2v) is 8.81. The summed E-state index contributed by atoms with van der Waals surface area (Å²) in [5, 5.41) is 9.51. The topological polar surface area (TPSA) is 119 Å². The Bertz CT molecular complexity index is 871. The zero-order chi connectivity index (χ0) is 24.8. The van der Waals surface area contributed by atoms with Crippen molar-refractivity contribution in [2.75, 3.05) is 24.7 Å². The van der Waals surface area contributed by atoms with Crippen molar-refractivity contribution in [2.45, 2.75) is 65.4 Å². The van der Waals surface area contributed by atoms with E-state index in [9.17, 15) is 24.3 Å². The highest BCUT2D eigenvalue weighted by atomic mass is 16.6. The molecule has 0 saturated heterocycles. The normalized spacial score (nSPS) is 14.3. The van der Waals surface area contributed by atoms with Gasteiger partial charge >= 0.3 is 24.0 Å². The zero-order valence-corrected chi connectivity index (χ0v) is 19.9. The van der Waals surface area contributed by atoms with Crippen molar-refractivity contribution in [3.8, 4) is 0 Å². The Morgan fingerprint density at radius 2 is 1.67 bits per heavy atom. The molecule has 1 aliphatic rings. The summed E-state index contributed by atoms with van der Waals surface area (Å²) in [4.78, 5) is 51.1. The molecular formula is C24H33NO8. The van der Waals surface area contributed by atoms with Crippen LogP contribution in [0.5, 0.6) is 0 Å². The Morgan fingerprint density at radius 3 is 2.18 bits per heavy atom. The Hall–Kier alpha value is -3.10. The number of carbonyl (C=O) groups is 4. The molecule has 0 spiro atoms. The summed E-state index contributed by atoms with van der Waals surface area (Å²) < 4.78 is 15.6. The van der Waals surface area contributed by atoms with Crippen LogP contribution in [0.15, 0.2) is 18.2 Å². The van der Waals surface area contributed by atoms with E-state index in [0.717, 1.165) is 5.56 Å². The third-order valence-corrected chi connectivity index (χ3v) is 5.14. The van der Waals surface area contributed by atoms with Crippen molar-refractivity contribution in [3.05, 3.63) is 29.3 Å². The van der Waals surface area contributed by atoms with Gasteiger partial charge in [-0.3, -0.25) is 19.3 Å². The van der Waals surface area contributed by atoms with Gasteiger partial charge in [0.05, 0.1) is 25.3 Å². The number of anilines is 1. The molecule has 1 amide bonds. The molecule has 0 aliphatic carbocycles. The highest BCUT2D eigenvalue weighted by Gasteiger charge is 2.40. The first-order valence-electron chi connectivity index (χ1n) is 11.2. The maximum Gasteiger partial charge on any atom is 0.414 e. The molecule has 1 N–H and O–H groups in total. The molecule has 2 rings (SSSR count). The molecule has 1 unspecified atom stereocenters. The third kappa shape index (κ3) is 6.94. The number of aliphatic carboxylic acids is 1. The molecule has 9 heteroatoms. The average molecular weight is 464 g/mol. The Morgan fingerprint density at radius 1 is 1.06 bits per heavy atom. The number of hydrogen-bond acceptors (Lipinski definition) is 7. The fourth-order valence-corrected chi connectivity index (χ4v) is 3.86. The predicted octanol–water partition coefficient (Wildman–Crippen LogP) is 3.68. The van der Waals surface area contributed by atoms with Crippen LogP contribution >= 0.6 is 0 Å². The number of carboxylic acids is 1. The molecule has 1 aromatic carbocycles. The summed E-state index contributed by atoms with van der Waals surface area (Å²) in [6.45, 7) is 9.18. The van der Waals surface area contributed by atoms with Gasteiger partial charge in [0.15, 0.2) is 5.92 Å². The van der Waals surface area contributed by atoms with Gasteiger partial charge in [0.2, 0.25) is 0 Å². The van der Waals surface area contributed by atoms with Crippen LogP contribution < -0.4 is 4.90 Å². The summed E-state index contributed by atoms with van der Waals surface area (Å²) in [5.74, 6) is -5.20. The number of aryl methyl sites for hydroxylation is 1. The van der Waals surface area contributed by atoms with Gasteiger partial charge in [-0.25, -0.2) is 4.79 Å². The number of nitrogens with zero attached hydrogens (tertiary/aromatic N) is 1. The first-order chi connectivity index (χ1) is 15.5. The average Bonchev–Trinajstić information content (AvgIpc) is 2.71. The number of hydrogen-bond donors (Lipinski definition) is 1. The van der Waals surface area contributed by atoms with Crippen LogP contribution in [0.1, 0.15) is 64.5 Å². The van der Waals surface area contributed by atoms with E-state index in [1.54, 1.807) is 57.7 Å². The van der Waals surface area contributed by atoms with Crippen molar-refractivity contribution in [2.24, 2.45) is 5.92 Å². The lowest BCUT2D eigenvalue weighted by Crippen LogP contribution is -2.40. The van der Waals surface area contributed by atoms with E-state index in [-0.39, 0.29) is 13.2 Å². The van der Waals surface area contributed by atoms with E-state index < -0.39 is 47.9 Å². The van der Waals surface area contributed by atoms with E-state index in [1.807, 2.05) is 0 Å². The molecule has 0 bridgehead atoms. The van der Waals surface area contributed by atoms with Gasteiger partial charge in [-0.2, -0.15) is 0 Å². The van der Waals surface area contributed by atoms with E-state index >= 15 is 0 Å². The van der Waals surface area contributed by atoms with Crippen molar-refractivity contribution in [3.63, 3.8) is 0 Å². The second-order valence-electron chi connectivity index (χ2n) is 8.81. The van der Waals surface area contributed by atoms with E-state index in [0.29, 0.717) is 30.6 Å². The van der Waals surface area contributed by atoms with Gasteiger partial charge in [-0.1, -0.05) is 12.1 Å². The fraction of sp³-hybridized carbons (Fsp3) is 0.583. The Kier molecular flexibility index (Phi) is 8.84. The van der Waals surface area contributed by atoms with Gasteiger partial charge < -0.3 is 19.3 Å². The maximum absolute atomic E-state index is 12.7. The van der Waals surface area contributed by atoms with Crippen LogP contribution in [0.3, 0.4) is 0 Å². The molecule has 0 radical (unpaired) electrons. The summed E-state index contributed by atoms with van der Waals surface area (Å²) >= 11 is 0. The summed E-state index contributed by atoms with van der Waals surface area (Å²) in [5.41, 5.74) is 1.32. The monoisotopic (exact) mass is 463 g/mol. The number of amides is 1. The Balaban J connectivity index is 2.47. The molecule has 9 nitrogen and oxygen atoms in total. The van der Waals surface area contributed by atoms with Crippen molar-refractivity contribution in [1.82, 2.24) is 0 Å². The quantitative estimate of drug-likeness (QED) is 0.352. The largest absolute Gasteiger partial charge is 0.481 e. The lowest BCUT2D eigenvalue weighted by molar-refractivity contribution is -0.163. The van der Waals surface area contributed by atoms with E-state index in [4.69, 9.17) is 14.2 Å². The number of esters is 2. The second kappa shape index (κ2) is 11.2. The van der Waals surface area contributed by atoms with Crippen LogP contribution in [-0.4, -0.2) is 54.5 Å². The third-order valence-electron chi connectivity index (χ3n) is 5.14. The molecule has 0 aromatic heterocycles. The lowest BCUT2D eigenvalue weighted by atomic mass is 9.82. The van der Waals surface area contributed by atoms with Crippen LogP contribution in [0.25, 0.3) is 0 Å². The van der Waals surface area contributed by atoms with E-state index in [2.05, 4.69) is 0 Å². The molecule has 33 heavy (non-hydrogen) atoms. The van der Waals surface area contributed by atoms with Crippen LogP contribution in [0, 0.1) is 5.92 Å². The Labute approximate surface area is 194 Å². The lowest BCUT2D eigenvalue weighted by Gasteiger charge is -2.32. The highest BCUT2D eigenvalue weighted by Crippen LogP contribution is 2.36. The standard InChI is InChI=1S/C24H33NO8/c1-6-31-21(28)20(22(29)32-7-2)17(14-19(26)27)15-10-11-18-16(13-15)9-8-12-25(18)23(30)33-24(3,4)5/h10-11,13,17,20H,6-9,12,14H2,1-5H3,(H,26,27). The first kappa shape index (κ1) is 26.2. The fourth-order valence-electron chi connectivity index (χ4n) is 3.86. The highest BCUT2D eigenvalue weighted by molar-refractivity contribution is 5.97. The van der Waals surface area contributed by atoms with E-state index in [1.165, 1.54) is 0 Å². The van der Waals surface area contributed by atoms with Gasteiger partial charge in [0, 0.05) is 12.5 Å². The minimum Gasteiger partial charge on any atom is -0.481 e. The minimum absolute atomic E-state index is 0.0452. The smallest absolute Gasteiger partial charge is 0.414 e. The number of fused-ring (bicyclic) bond motifs is 1. The molecule has 1 heterocycles. The molecule has 0 saturated carbocycles. The van der Waals surface area contributed by atoms with Crippen molar-refractivity contribution in [1.29, 1.82) is 0 Å². The minimum atomic E-state index is -1.41. The molecule has 1 atom stereocenters. The number of carbonyl (C=O) groups excluding carboxylic acids is 3. The zero-order valence-electron chi connectivity index (χ0n) is 19.9. The van der Waals surface area contributed by atoms with Gasteiger partial charge in [-0.05, 0) is 64.7 Å². The van der Waals surface area contributed by atoms with Crippen molar-refractivity contribution < 1.29 is 38.5 Å². The molecule has 0 fully saturated rings. The molecular weight excluding hydrogens is 430 g/mol. The maximum atomic E-state index is 12.7. The van der Waals surface area contributed by atoms with Gasteiger partial charge in [0.25, 0.3) is 0 Å². The SMILES string of the molecule is CCOC(=O)C(C(=O)OCC)C(CC(=O)O)c1ccc2c(c1)CCCN2C(=O)OC(C)(C)C. The van der Waals surface area contributed by atoms with Gasteiger partial charge in [-0.15, -0.1) is 0 Å². The number of ether oxygens (including phenoxy) is 3. The number of carboxylic acid groups (broad SMARTS) is 1. The summed E-state index contributed by atoms with van der Waals surface area (Å²) in [6, 6.07) is 5.10. The van der Waals surface area contributed by atoms with Gasteiger partial charge in [0.1, 0.15) is 5.60 Å². The summed E-state index contributed by atoms with van der Waals surface area (Å²) in [6.07, 6.45) is 0.426. The molecule has 182 valence electrons. The van der Waals surface area contributed by atoms with Crippen LogP contribution in [0.4, 0.5) is 10.5 Å². The predicted molar refractivity (Wildman–Crippen MR) is 120 cm³/mol. The number of rotatable bonds is 8. The summed E-state index contributed by atoms with van der Waals surface area (Å²) in [7, 11) is 0. The first-order valence-corrected chi connectivity index (χ1v) is 11.2. The molecule has 1 aliphatic heterocycles. The molecule has 1 aromatic rings. The van der Waals surface area contributed by atoms with Crippen LogP contribution in [0.2, 0.25) is 0 Å².